The van der Waals surface area contributed by atoms with Gasteiger partial charge in [0, 0.05) is 38.9 Å². The van der Waals surface area contributed by atoms with Crippen LogP contribution in [0.15, 0.2) is 30.3 Å². The van der Waals surface area contributed by atoms with Gasteiger partial charge in [-0.1, -0.05) is 37.3 Å². The maximum atomic E-state index is 12.3. The number of carboxylic acid groups (broad SMARTS) is 1. The van der Waals surface area contributed by atoms with Crippen molar-refractivity contribution >= 4 is 11.9 Å². The Kier molecular flexibility index (Phi) is 4.87. The summed E-state index contributed by atoms with van der Waals surface area (Å²) in [5.74, 6) is -1.13. The number of hydrogen-bond donors (Lipinski definition) is 1. The average molecular weight is 332 g/mol. The van der Waals surface area contributed by atoms with E-state index < -0.39 is 17.7 Å². The zero-order chi connectivity index (χ0) is 17.2. The largest absolute Gasteiger partial charge is 0.480 e. The van der Waals surface area contributed by atoms with Gasteiger partial charge in [-0.3, -0.25) is 14.6 Å². The Morgan fingerprint density at radius 1 is 1.25 bits per heavy atom. The number of aliphatic carboxylic acids is 1. The first-order valence-electron chi connectivity index (χ1n) is 8.51. The van der Waals surface area contributed by atoms with Gasteiger partial charge in [-0.05, 0) is 5.56 Å². The average Bonchev–Trinajstić information content (AvgIpc) is 2.97. The van der Waals surface area contributed by atoms with E-state index in [1.54, 1.807) is 6.92 Å². The highest BCUT2D eigenvalue weighted by Gasteiger charge is 2.53. The normalized spacial score (nSPS) is 23.5. The lowest BCUT2D eigenvalue weighted by atomic mass is 9.97. The molecule has 0 aliphatic carbocycles. The standard InChI is InChI=1S/C18H24N2O4/c1-2-16(21)20-15(17(22)23)13-24-18(20)8-10-19(11-9-18)12-14-6-4-3-5-7-14/h3-7,15H,2,8-13H2,1H3,(H,22,23)/t15-/m1/s1. The number of carbonyl (C=O) groups is 2. The van der Waals surface area contributed by atoms with E-state index in [1.807, 2.05) is 18.2 Å². The van der Waals surface area contributed by atoms with Crippen molar-refractivity contribution in [2.24, 2.45) is 0 Å². The van der Waals surface area contributed by atoms with E-state index in [1.165, 1.54) is 10.5 Å². The molecule has 2 aliphatic heterocycles. The second-order valence-corrected chi connectivity index (χ2v) is 6.49. The zero-order valence-electron chi connectivity index (χ0n) is 14.0. The van der Waals surface area contributed by atoms with Crippen LogP contribution in [0.5, 0.6) is 0 Å². The van der Waals surface area contributed by atoms with Crippen LogP contribution in [0.3, 0.4) is 0 Å². The Balaban J connectivity index is 1.69. The number of amides is 1. The zero-order valence-corrected chi connectivity index (χ0v) is 14.0. The maximum absolute atomic E-state index is 12.3. The molecular weight excluding hydrogens is 308 g/mol. The molecule has 2 heterocycles. The SMILES string of the molecule is CCC(=O)N1[C@@H](C(=O)O)COC12CCN(Cc1ccccc1)CC2. The number of likely N-dealkylation sites (tertiary alicyclic amines) is 1. The summed E-state index contributed by atoms with van der Waals surface area (Å²) in [4.78, 5) is 27.6. The summed E-state index contributed by atoms with van der Waals surface area (Å²) in [5, 5.41) is 9.40. The second-order valence-electron chi connectivity index (χ2n) is 6.49. The first-order chi connectivity index (χ1) is 11.6. The number of benzene rings is 1. The van der Waals surface area contributed by atoms with Crippen molar-refractivity contribution in [1.82, 2.24) is 9.80 Å². The highest BCUT2D eigenvalue weighted by molar-refractivity contribution is 5.84. The summed E-state index contributed by atoms with van der Waals surface area (Å²) in [6.07, 6.45) is 1.59. The fourth-order valence-electron chi connectivity index (χ4n) is 3.70. The lowest BCUT2D eigenvalue weighted by Gasteiger charge is -2.44. The molecule has 0 unspecified atom stereocenters. The van der Waals surface area contributed by atoms with Gasteiger partial charge in [-0.25, -0.2) is 4.79 Å². The van der Waals surface area contributed by atoms with E-state index in [4.69, 9.17) is 4.74 Å². The smallest absolute Gasteiger partial charge is 0.328 e. The fourth-order valence-corrected chi connectivity index (χ4v) is 3.70. The van der Waals surface area contributed by atoms with E-state index in [2.05, 4.69) is 17.0 Å². The molecule has 0 aromatic heterocycles. The van der Waals surface area contributed by atoms with Crippen LogP contribution in [0.4, 0.5) is 0 Å². The molecular formula is C18H24N2O4. The van der Waals surface area contributed by atoms with E-state index >= 15 is 0 Å². The number of rotatable bonds is 4. The molecule has 2 fully saturated rings. The Hall–Kier alpha value is -1.92. The Bertz CT molecular complexity index is 596. The highest BCUT2D eigenvalue weighted by Crippen LogP contribution is 2.38. The van der Waals surface area contributed by atoms with Gasteiger partial charge in [0.05, 0.1) is 6.61 Å². The van der Waals surface area contributed by atoms with Gasteiger partial charge in [0.15, 0.2) is 6.04 Å². The molecule has 6 heteroatoms. The summed E-state index contributed by atoms with van der Waals surface area (Å²) in [6, 6.07) is 9.40. The third kappa shape index (κ3) is 3.16. The van der Waals surface area contributed by atoms with Crippen LogP contribution in [0.1, 0.15) is 31.7 Å². The number of carboxylic acids is 1. The Labute approximate surface area is 142 Å². The molecule has 1 amide bonds. The van der Waals surface area contributed by atoms with Crippen molar-refractivity contribution in [3.8, 4) is 0 Å². The predicted molar refractivity (Wildman–Crippen MR) is 88.2 cm³/mol. The molecule has 0 saturated carbocycles. The van der Waals surface area contributed by atoms with E-state index in [0.717, 1.165) is 19.6 Å². The van der Waals surface area contributed by atoms with Gasteiger partial charge < -0.3 is 9.84 Å². The minimum atomic E-state index is -0.986. The van der Waals surface area contributed by atoms with Crippen molar-refractivity contribution < 1.29 is 19.4 Å². The first kappa shape index (κ1) is 16.9. The Morgan fingerprint density at radius 2 is 1.92 bits per heavy atom. The number of ether oxygens (including phenoxy) is 1. The molecule has 0 bridgehead atoms. The minimum absolute atomic E-state index is 0.0831. The number of carbonyl (C=O) groups excluding carboxylic acids is 1. The van der Waals surface area contributed by atoms with Crippen molar-refractivity contribution in [3.05, 3.63) is 35.9 Å². The third-order valence-corrected chi connectivity index (χ3v) is 5.00. The Morgan fingerprint density at radius 3 is 2.50 bits per heavy atom. The third-order valence-electron chi connectivity index (χ3n) is 5.00. The van der Waals surface area contributed by atoms with Crippen molar-refractivity contribution in [2.75, 3.05) is 19.7 Å². The monoisotopic (exact) mass is 332 g/mol. The van der Waals surface area contributed by atoms with E-state index in [-0.39, 0.29) is 12.5 Å². The van der Waals surface area contributed by atoms with Gasteiger partial charge in [-0.15, -0.1) is 0 Å². The summed E-state index contributed by atoms with van der Waals surface area (Å²) >= 11 is 0. The van der Waals surface area contributed by atoms with Crippen LogP contribution in [0, 0.1) is 0 Å². The van der Waals surface area contributed by atoms with Crippen LogP contribution in [0.25, 0.3) is 0 Å². The summed E-state index contributed by atoms with van der Waals surface area (Å²) in [5.41, 5.74) is 0.509. The molecule has 130 valence electrons. The predicted octanol–water partition coefficient (Wildman–Crippen LogP) is 1.70. The molecule has 6 nitrogen and oxygen atoms in total. The number of piperidine rings is 1. The summed E-state index contributed by atoms with van der Waals surface area (Å²) < 4.78 is 5.89. The van der Waals surface area contributed by atoms with Crippen molar-refractivity contribution in [2.45, 2.75) is 44.5 Å². The molecule has 2 aliphatic rings. The molecule has 1 aromatic carbocycles. The van der Waals surface area contributed by atoms with E-state index in [9.17, 15) is 14.7 Å². The quantitative estimate of drug-likeness (QED) is 0.909. The summed E-state index contributed by atoms with van der Waals surface area (Å²) in [7, 11) is 0. The highest BCUT2D eigenvalue weighted by atomic mass is 16.5. The minimum Gasteiger partial charge on any atom is -0.480 e. The van der Waals surface area contributed by atoms with Crippen LogP contribution < -0.4 is 0 Å². The van der Waals surface area contributed by atoms with Crippen molar-refractivity contribution in [1.29, 1.82) is 0 Å². The fraction of sp³-hybridized carbons (Fsp3) is 0.556. The molecule has 1 N–H and O–H groups in total. The number of nitrogens with zero attached hydrogens (tertiary/aromatic N) is 2. The van der Waals surface area contributed by atoms with Crippen LogP contribution >= 0.6 is 0 Å². The van der Waals surface area contributed by atoms with Crippen LogP contribution in [0.2, 0.25) is 0 Å². The number of hydrogen-bond acceptors (Lipinski definition) is 4. The molecule has 0 radical (unpaired) electrons. The molecule has 1 aromatic rings. The molecule has 1 atom stereocenters. The molecule has 1 spiro atoms. The molecule has 3 rings (SSSR count). The van der Waals surface area contributed by atoms with Crippen LogP contribution in [-0.2, 0) is 20.9 Å². The van der Waals surface area contributed by atoms with Crippen LogP contribution in [-0.4, -0.2) is 58.2 Å². The van der Waals surface area contributed by atoms with Gasteiger partial charge in [0.1, 0.15) is 5.72 Å². The van der Waals surface area contributed by atoms with Crippen molar-refractivity contribution in [3.63, 3.8) is 0 Å². The second kappa shape index (κ2) is 6.91. The molecule has 24 heavy (non-hydrogen) atoms. The summed E-state index contributed by atoms with van der Waals surface area (Å²) in [6.45, 7) is 4.28. The molecule has 2 saturated heterocycles. The lowest BCUT2D eigenvalue weighted by molar-refractivity contribution is -0.166. The first-order valence-corrected chi connectivity index (χ1v) is 8.51. The maximum Gasteiger partial charge on any atom is 0.328 e. The van der Waals surface area contributed by atoms with E-state index in [0.29, 0.717) is 19.3 Å². The van der Waals surface area contributed by atoms with Gasteiger partial charge in [0.2, 0.25) is 5.91 Å². The topological polar surface area (TPSA) is 70.1 Å². The van der Waals surface area contributed by atoms with Gasteiger partial charge >= 0.3 is 5.97 Å². The van der Waals surface area contributed by atoms with Gasteiger partial charge in [-0.2, -0.15) is 0 Å². The van der Waals surface area contributed by atoms with Gasteiger partial charge in [0.25, 0.3) is 0 Å². The lowest BCUT2D eigenvalue weighted by Crippen LogP contribution is -2.57.